The number of thioether (sulfide) groups is 1. The SMILES string of the molecule is CSc1ccccc1/C=C/Br. The van der Waals surface area contributed by atoms with E-state index in [1.807, 2.05) is 17.1 Å². The molecule has 2 heteroatoms. The molecule has 0 saturated heterocycles. The zero-order chi connectivity index (χ0) is 8.10. The lowest BCUT2D eigenvalue weighted by atomic mass is 10.2. The maximum Gasteiger partial charge on any atom is 0.0142 e. The van der Waals surface area contributed by atoms with Gasteiger partial charge in [-0.1, -0.05) is 34.1 Å². The van der Waals surface area contributed by atoms with E-state index in [4.69, 9.17) is 0 Å². The molecule has 1 aromatic carbocycles. The predicted octanol–water partition coefficient (Wildman–Crippen LogP) is 3.77. The van der Waals surface area contributed by atoms with Crippen molar-refractivity contribution in [2.75, 3.05) is 6.26 Å². The molecule has 0 aliphatic rings. The van der Waals surface area contributed by atoms with Crippen LogP contribution in [0.4, 0.5) is 0 Å². The third kappa shape index (κ3) is 2.38. The molecule has 58 valence electrons. The molecule has 0 saturated carbocycles. The molecule has 1 rings (SSSR count). The Hall–Kier alpha value is -0.210. The molecule has 0 heterocycles. The number of hydrogen-bond donors (Lipinski definition) is 0. The Morgan fingerprint density at radius 3 is 2.73 bits per heavy atom. The van der Waals surface area contributed by atoms with Gasteiger partial charge in [0.05, 0.1) is 0 Å². The minimum atomic E-state index is 1.26. The van der Waals surface area contributed by atoms with Crippen LogP contribution in [0, 0.1) is 0 Å². The molecule has 0 nitrogen and oxygen atoms in total. The molecule has 0 N–H and O–H groups in total. The van der Waals surface area contributed by atoms with E-state index in [-0.39, 0.29) is 0 Å². The first-order chi connectivity index (χ1) is 5.38. The van der Waals surface area contributed by atoms with Crippen LogP contribution in [0.1, 0.15) is 5.56 Å². The van der Waals surface area contributed by atoms with Gasteiger partial charge in [0.25, 0.3) is 0 Å². The second-order valence-electron chi connectivity index (χ2n) is 2.03. The van der Waals surface area contributed by atoms with Crippen LogP contribution in [0.2, 0.25) is 0 Å². The van der Waals surface area contributed by atoms with Gasteiger partial charge in [-0.3, -0.25) is 0 Å². The molecule has 0 spiro atoms. The van der Waals surface area contributed by atoms with E-state index < -0.39 is 0 Å². The van der Waals surface area contributed by atoms with Crippen LogP contribution in [0.5, 0.6) is 0 Å². The Bertz CT molecular complexity index is 255. The molecule has 1 aromatic rings. The molecule has 0 radical (unpaired) electrons. The van der Waals surface area contributed by atoms with Gasteiger partial charge >= 0.3 is 0 Å². The standard InChI is InChI=1S/C9H9BrS/c1-11-9-5-3-2-4-8(9)6-7-10/h2-7H,1H3/b7-6+. The normalized spacial score (nSPS) is 10.7. The third-order valence-electron chi connectivity index (χ3n) is 1.38. The number of rotatable bonds is 2. The summed E-state index contributed by atoms with van der Waals surface area (Å²) in [6, 6.07) is 8.32. The molecular weight excluding hydrogens is 220 g/mol. The molecule has 0 atom stereocenters. The lowest BCUT2D eigenvalue weighted by Crippen LogP contribution is -1.75. The second kappa shape index (κ2) is 4.62. The van der Waals surface area contributed by atoms with E-state index in [1.54, 1.807) is 11.8 Å². The van der Waals surface area contributed by atoms with Gasteiger partial charge in [-0.2, -0.15) is 0 Å². The van der Waals surface area contributed by atoms with E-state index in [0.717, 1.165) is 0 Å². The summed E-state index contributed by atoms with van der Waals surface area (Å²) in [4.78, 5) is 3.19. The first kappa shape index (κ1) is 8.88. The van der Waals surface area contributed by atoms with Crippen molar-refractivity contribution in [1.29, 1.82) is 0 Å². The Labute approximate surface area is 79.8 Å². The lowest BCUT2D eigenvalue weighted by molar-refractivity contribution is 1.43. The zero-order valence-electron chi connectivity index (χ0n) is 6.25. The van der Waals surface area contributed by atoms with Crippen molar-refractivity contribution in [3.05, 3.63) is 34.8 Å². The summed E-state index contributed by atoms with van der Waals surface area (Å²) in [5.41, 5.74) is 1.26. The van der Waals surface area contributed by atoms with Gasteiger partial charge in [0.2, 0.25) is 0 Å². The van der Waals surface area contributed by atoms with Gasteiger partial charge in [-0.15, -0.1) is 11.8 Å². The van der Waals surface area contributed by atoms with Crippen molar-refractivity contribution in [3.63, 3.8) is 0 Å². The molecule has 0 aliphatic carbocycles. The van der Waals surface area contributed by atoms with Crippen molar-refractivity contribution in [2.45, 2.75) is 4.90 Å². The fraction of sp³-hybridized carbons (Fsp3) is 0.111. The van der Waals surface area contributed by atoms with Gasteiger partial charge in [0.1, 0.15) is 0 Å². The highest BCUT2D eigenvalue weighted by atomic mass is 79.9. The Balaban J connectivity index is 3.02. The van der Waals surface area contributed by atoms with Crippen LogP contribution in [-0.4, -0.2) is 6.26 Å². The lowest BCUT2D eigenvalue weighted by Gasteiger charge is -1.99. The van der Waals surface area contributed by atoms with Gasteiger partial charge in [-0.05, 0) is 28.9 Å². The number of benzene rings is 1. The quantitative estimate of drug-likeness (QED) is 0.695. The fourth-order valence-electron chi connectivity index (χ4n) is 0.872. The summed E-state index contributed by atoms with van der Waals surface area (Å²) in [7, 11) is 0. The van der Waals surface area contributed by atoms with Crippen LogP contribution >= 0.6 is 27.7 Å². The summed E-state index contributed by atoms with van der Waals surface area (Å²) in [6.45, 7) is 0. The molecule has 0 bridgehead atoms. The van der Waals surface area contributed by atoms with E-state index in [1.165, 1.54) is 10.5 Å². The van der Waals surface area contributed by atoms with E-state index in [0.29, 0.717) is 0 Å². The third-order valence-corrected chi connectivity index (χ3v) is 2.46. The second-order valence-corrected chi connectivity index (χ2v) is 3.41. The summed E-state index contributed by atoms with van der Waals surface area (Å²) >= 11 is 5.02. The van der Waals surface area contributed by atoms with Gasteiger partial charge < -0.3 is 0 Å². The van der Waals surface area contributed by atoms with Crippen molar-refractivity contribution in [2.24, 2.45) is 0 Å². The van der Waals surface area contributed by atoms with E-state index >= 15 is 0 Å². The van der Waals surface area contributed by atoms with Gasteiger partial charge in [0, 0.05) is 4.90 Å². The van der Waals surface area contributed by atoms with Gasteiger partial charge in [-0.25, -0.2) is 0 Å². The first-order valence-corrected chi connectivity index (χ1v) is 5.42. The summed E-state index contributed by atoms with van der Waals surface area (Å²) in [5.74, 6) is 0. The fourth-order valence-corrected chi connectivity index (χ4v) is 1.74. The minimum Gasteiger partial charge on any atom is -0.129 e. The van der Waals surface area contributed by atoms with Crippen LogP contribution in [0.25, 0.3) is 6.08 Å². The highest BCUT2D eigenvalue weighted by Crippen LogP contribution is 2.21. The maximum atomic E-state index is 3.26. The average molecular weight is 229 g/mol. The van der Waals surface area contributed by atoms with Crippen LogP contribution < -0.4 is 0 Å². The summed E-state index contributed by atoms with van der Waals surface area (Å²) < 4.78 is 0. The van der Waals surface area contributed by atoms with E-state index in [2.05, 4.69) is 40.4 Å². The van der Waals surface area contributed by atoms with Crippen LogP contribution in [-0.2, 0) is 0 Å². The molecule has 0 fully saturated rings. The van der Waals surface area contributed by atoms with Gasteiger partial charge in [0.15, 0.2) is 0 Å². The Morgan fingerprint density at radius 1 is 1.36 bits per heavy atom. The highest BCUT2D eigenvalue weighted by Gasteiger charge is 1.93. The Kier molecular flexibility index (Phi) is 3.73. The smallest absolute Gasteiger partial charge is 0.0142 e. The molecule has 0 unspecified atom stereocenters. The van der Waals surface area contributed by atoms with Crippen LogP contribution in [0.15, 0.2) is 34.1 Å². The monoisotopic (exact) mass is 228 g/mol. The molecule has 0 amide bonds. The van der Waals surface area contributed by atoms with Crippen molar-refractivity contribution in [1.82, 2.24) is 0 Å². The molecule has 11 heavy (non-hydrogen) atoms. The molecule has 0 aliphatic heterocycles. The summed E-state index contributed by atoms with van der Waals surface area (Å²) in [5, 5.41) is 0. The maximum absolute atomic E-state index is 3.26. The van der Waals surface area contributed by atoms with E-state index in [9.17, 15) is 0 Å². The van der Waals surface area contributed by atoms with Crippen molar-refractivity contribution < 1.29 is 0 Å². The topological polar surface area (TPSA) is 0 Å². The largest absolute Gasteiger partial charge is 0.129 e. The van der Waals surface area contributed by atoms with Crippen molar-refractivity contribution in [3.8, 4) is 0 Å². The first-order valence-electron chi connectivity index (χ1n) is 3.28. The molecular formula is C9H9BrS. The number of halogens is 1. The highest BCUT2D eigenvalue weighted by molar-refractivity contribution is 9.11. The summed E-state index contributed by atoms with van der Waals surface area (Å²) in [6.07, 6.45) is 4.13. The average Bonchev–Trinajstić information content (AvgIpc) is 2.06. The van der Waals surface area contributed by atoms with Crippen molar-refractivity contribution >= 4 is 33.8 Å². The molecule has 0 aromatic heterocycles. The minimum absolute atomic E-state index is 1.26. The Morgan fingerprint density at radius 2 is 2.09 bits per heavy atom. The van der Waals surface area contributed by atoms with Crippen LogP contribution in [0.3, 0.4) is 0 Å². The number of hydrogen-bond acceptors (Lipinski definition) is 1. The zero-order valence-corrected chi connectivity index (χ0v) is 8.65. The predicted molar refractivity (Wildman–Crippen MR) is 56.2 cm³/mol.